The zero-order chi connectivity index (χ0) is 35.0. The molecule has 3 aromatic carbocycles. The summed E-state index contributed by atoms with van der Waals surface area (Å²) in [6.07, 6.45) is -2.22. The summed E-state index contributed by atoms with van der Waals surface area (Å²) < 4.78 is 50.2. The molecule has 2 aliphatic rings. The molecule has 0 unspecified atom stereocenters. The molecule has 2 aromatic heterocycles. The van der Waals surface area contributed by atoms with Gasteiger partial charge in [0.15, 0.2) is 11.5 Å². The van der Waals surface area contributed by atoms with Crippen molar-refractivity contribution in [2.75, 3.05) is 17.4 Å². The van der Waals surface area contributed by atoms with Crippen LogP contribution in [0.5, 0.6) is 11.5 Å². The SMILES string of the molecule is O=C(Nc1ccc(C(F)(F)F)cn1)c1ccc(CN2C(=O)c3ccc(Cl)cc3NC(=O)[C@H]2Cc2ccccn2)cc1-c1ccc2c(c1)OCO2. The number of nitrogens with zero attached hydrogens (tertiary/aromatic N) is 3. The number of amides is 3. The third-order valence-electron chi connectivity index (χ3n) is 8.24. The van der Waals surface area contributed by atoms with Gasteiger partial charge in [-0.25, -0.2) is 4.98 Å². The summed E-state index contributed by atoms with van der Waals surface area (Å²) in [7, 11) is 0. The maximum Gasteiger partial charge on any atom is 0.417 e. The summed E-state index contributed by atoms with van der Waals surface area (Å²) in [4.78, 5) is 51.1. The van der Waals surface area contributed by atoms with E-state index >= 15 is 0 Å². The number of halogens is 4. The monoisotopic (exact) mass is 699 g/mol. The maximum absolute atomic E-state index is 14.1. The van der Waals surface area contributed by atoms with Gasteiger partial charge >= 0.3 is 6.18 Å². The van der Waals surface area contributed by atoms with Crippen molar-refractivity contribution < 1.29 is 37.0 Å². The first-order valence-electron chi connectivity index (χ1n) is 15.2. The van der Waals surface area contributed by atoms with Crippen LogP contribution in [0, 0.1) is 0 Å². The molecule has 7 rings (SSSR count). The highest BCUT2D eigenvalue weighted by atomic mass is 35.5. The summed E-state index contributed by atoms with van der Waals surface area (Å²) in [5.74, 6) is -0.603. The Morgan fingerprint density at radius 3 is 2.54 bits per heavy atom. The lowest BCUT2D eigenvalue weighted by Crippen LogP contribution is -2.46. The zero-order valence-corrected chi connectivity index (χ0v) is 26.6. The smallest absolute Gasteiger partial charge is 0.417 e. The fraction of sp³-hybridized carbons (Fsp3) is 0.139. The Balaban J connectivity index is 1.27. The predicted octanol–water partition coefficient (Wildman–Crippen LogP) is 7.00. The molecule has 0 saturated heterocycles. The van der Waals surface area contributed by atoms with Gasteiger partial charge in [0.1, 0.15) is 11.9 Å². The van der Waals surface area contributed by atoms with Gasteiger partial charge in [0.2, 0.25) is 12.7 Å². The first-order valence-corrected chi connectivity index (χ1v) is 15.6. The predicted molar refractivity (Wildman–Crippen MR) is 177 cm³/mol. The molecule has 0 radical (unpaired) electrons. The van der Waals surface area contributed by atoms with Gasteiger partial charge in [-0.1, -0.05) is 29.8 Å². The van der Waals surface area contributed by atoms with Crippen molar-refractivity contribution in [3.63, 3.8) is 0 Å². The van der Waals surface area contributed by atoms with E-state index < -0.39 is 35.5 Å². The van der Waals surface area contributed by atoms with Gasteiger partial charge in [0.05, 0.1) is 16.8 Å². The first-order chi connectivity index (χ1) is 24.0. The van der Waals surface area contributed by atoms with Crippen LogP contribution in [0.1, 0.15) is 37.5 Å². The van der Waals surface area contributed by atoms with Crippen LogP contribution < -0.4 is 20.1 Å². The van der Waals surface area contributed by atoms with Crippen molar-refractivity contribution >= 4 is 40.8 Å². The molecule has 2 aliphatic heterocycles. The number of alkyl halides is 3. The van der Waals surface area contributed by atoms with Gasteiger partial charge in [-0.05, 0) is 83.4 Å². The van der Waals surface area contributed by atoms with Crippen LogP contribution in [0.3, 0.4) is 0 Å². The number of rotatable bonds is 7. The molecule has 10 nitrogen and oxygen atoms in total. The molecule has 0 fully saturated rings. The number of anilines is 2. The number of hydrogen-bond acceptors (Lipinski definition) is 7. The zero-order valence-electron chi connectivity index (χ0n) is 25.8. The van der Waals surface area contributed by atoms with Crippen molar-refractivity contribution in [3.05, 3.63) is 130 Å². The number of carbonyl (C=O) groups excluding carboxylic acids is 3. The van der Waals surface area contributed by atoms with Gasteiger partial charge in [-0.2, -0.15) is 13.2 Å². The summed E-state index contributed by atoms with van der Waals surface area (Å²) >= 11 is 6.20. The molecular weight excluding hydrogens is 675 g/mol. The van der Waals surface area contributed by atoms with Gasteiger partial charge in [0.25, 0.3) is 11.8 Å². The quantitative estimate of drug-likeness (QED) is 0.188. The van der Waals surface area contributed by atoms with Crippen molar-refractivity contribution in [3.8, 4) is 22.6 Å². The second-order valence-corrected chi connectivity index (χ2v) is 11.9. The minimum Gasteiger partial charge on any atom is -0.454 e. The number of pyridine rings is 2. The fourth-order valence-electron chi connectivity index (χ4n) is 5.77. The first kappa shape index (κ1) is 32.6. The van der Waals surface area contributed by atoms with Crippen molar-refractivity contribution in [1.82, 2.24) is 14.9 Å². The van der Waals surface area contributed by atoms with E-state index in [0.29, 0.717) is 45.1 Å². The van der Waals surface area contributed by atoms with Crippen LogP contribution in [0.25, 0.3) is 11.1 Å². The van der Waals surface area contributed by atoms with Crippen LogP contribution in [0.15, 0.2) is 97.3 Å². The summed E-state index contributed by atoms with van der Waals surface area (Å²) in [6.45, 7) is -0.0129. The Labute approximate surface area is 287 Å². The molecular formula is C36H25ClF3N5O5. The Kier molecular flexibility index (Phi) is 8.58. The molecule has 14 heteroatoms. The van der Waals surface area contributed by atoms with E-state index in [1.807, 2.05) is 0 Å². The third-order valence-corrected chi connectivity index (χ3v) is 8.47. The second-order valence-electron chi connectivity index (χ2n) is 11.5. The number of hydrogen-bond donors (Lipinski definition) is 2. The molecule has 5 aromatic rings. The van der Waals surface area contributed by atoms with Gasteiger partial charge in [-0.3, -0.25) is 19.4 Å². The molecule has 4 heterocycles. The maximum atomic E-state index is 14.1. The number of nitrogens with one attached hydrogen (secondary N) is 2. The Morgan fingerprint density at radius 1 is 0.940 bits per heavy atom. The minimum absolute atomic E-state index is 0.0231. The molecule has 1 atom stereocenters. The highest BCUT2D eigenvalue weighted by molar-refractivity contribution is 6.31. The van der Waals surface area contributed by atoms with Crippen molar-refractivity contribution in [2.45, 2.75) is 25.2 Å². The van der Waals surface area contributed by atoms with Crippen LogP contribution in [0.4, 0.5) is 24.7 Å². The second kappa shape index (κ2) is 13.2. The largest absolute Gasteiger partial charge is 0.454 e. The average molecular weight is 700 g/mol. The number of aromatic nitrogens is 2. The lowest BCUT2D eigenvalue weighted by molar-refractivity contribution is -0.137. The molecule has 0 saturated carbocycles. The summed E-state index contributed by atoms with van der Waals surface area (Å²) in [6, 6.07) is 20.9. The number of carbonyl (C=O) groups is 3. The molecule has 252 valence electrons. The normalized spacial score (nSPS) is 15.3. The molecule has 3 amide bonds. The topological polar surface area (TPSA) is 123 Å². The van der Waals surface area contributed by atoms with E-state index in [1.165, 1.54) is 11.0 Å². The van der Waals surface area contributed by atoms with Gasteiger partial charge in [0, 0.05) is 41.6 Å². The lowest BCUT2D eigenvalue weighted by atomic mass is 9.95. The number of fused-ring (bicyclic) bond motifs is 2. The van der Waals surface area contributed by atoms with Crippen LogP contribution >= 0.6 is 11.6 Å². The lowest BCUT2D eigenvalue weighted by Gasteiger charge is -2.29. The minimum atomic E-state index is -4.58. The molecule has 0 spiro atoms. The van der Waals surface area contributed by atoms with E-state index in [2.05, 4.69) is 20.6 Å². The van der Waals surface area contributed by atoms with E-state index in [1.54, 1.807) is 72.9 Å². The summed E-state index contributed by atoms with van der Waals surface area (Å²) in [5.41, 5.74) is 1.90. The van der Waals surface area contributed by atoms with Crippen LogP contribution in [0.2, 0.25) is 5.02 Å². The van der Waals surface area contributed by atoms with E-state index in [0.717, 1.165) is 12.1 Å². The van der Waals surface area contributed by atoms with Crippen LogP contribution in [-0.2, 0) is 23.9 Å². The third kappa shape index (κ3) is 6.67. The number of ether oxygens (including phenoxy) is 2. The Hall–Kier alpha value is -5.95. The van der Waals surface area contributed by atoms with Gasteiger partial charge in [-0.15, -0.1) is 0 Å². The van der Waals surface area contributed by atoms with Gasteiger partial charge < -0.3 is 25.0 Å². The molecule has 0 bridgehead atoms. The number of benzene rings is 3. The van der Waals surface area contributed by atoms with E-state index in [9.17, 15) is 27.6 Å². The standard InChI is InChI=1S/C36H25ClF3N5O5/c37-23-7-9-26-28(15-23)43-34(47)29(16-24-3-1-2-12-41-24)45(35(26)48)18-20-4-8-25(27(13-20)21-5-10-30-31(14-21)50-19-49-30)33(46)44-32-11-6-22(17-42-32)36(38,39)40/h1-15,17,29H,16,18-19H2,(H,43,47)(H,42,44,46)/t29-/m1/s1. The van der Waals surface area contributed by atoms with E-state index in [4.69, 9.17) is 21.1 Å². The fourth-order valence-corrected chi connectivity index (χ4v) is 5.94. The van der Waals surface area contributed by atoms with E-state index in [-0.39, 0.29) is 42.4 Å². The Bertz CT molecular complexity index is 2130. The van der Waals surface area contributed by atoms with Crippen LogP contribution in [-0.4, -0.2) is 45.4 Å². The highest BCUT2D eigenvalue weighted by Crippen LogP contribution is 2.38. The highest BCUT2D eigenvalue weighted by Gasteiger charge is 2.36. The van der Waals surface area contributed by atoms with Crippen molar-refractivity contribution in [1.29, 1.82) is 0 Å². The average Bonchev–Trinajstić information content (AvgIpc) is 3.55. The Morgan fingerprint density at radius 2 is 1.78 bits per heavy atom. The summed E-state index contributed by atoms with van der Waals surface area (Å²) in [5, 5.41) is 5.75. The molecule has 0 aliphatic carbocycles. The molecule has 2 N–H and O–H groups in total. The molecule has 50 heavy (non-hydrogen) atoms. The van der Waals surface area contributed by atoms with Crippen molar-refractivity contribution in [2.24, 2.45) is 0 Å².